The van der Waals surface area contributed by atoms with Gasteiger partial charge in [-0.15, -0.1) is 0 Å². The first-order valence-electron chi connectivity index (χ1n) is 22.2. The van der Waals surface area contributed by atoms with Crippen LogP contribution >= 0.6 is 7.82 Å². The Kier molecular flexibility index (Phi) is 33.8. The van der Waals surface area contributed by atoms with Gasteiger partial charge in [-0.1, -0.05) is 131 Å². The maximum Gasteiger partial charge on any atom is 0.472 e. The molecule has 0 heterocycles. The van der Waals surface area contributed by atoms with Crippen molar-refractivity contribution >= 4 is 25.5 Å². The zero-order chi connectivity index (χ0) is 44.8. The van der Waals surface area contributed by atoms with E-state index in [0.29, 0.717) is 32.1 Å². The van der Waals surface area contributed by atoms with E-state index in [1.165, 1.54) is 0 Å². The minimum Gasteiger partial charge on any atom is -0.462 e. The lowest BCUT2D eigenvalue weighted by Gasteiger charge is -2.20. The number of hydrogen-bond donors (Lipinski definition) is 4. The van der Waals surface area contributed by atoms with Crippen molar-refractivity contribution in [3.05, 3.63) is 97.2 Å². The number of esters is 2. The van der Waals surface area contributed by atoms with Crippen LogP contribution in [0.1, 0.15) is 129 Å². The van der Waals surface area contributed by atoms with Gasteiger partial charge in [-0.25, -0.2) is 4.57 Å². The van der Waals surface area contributed by atoms with Crippen LogP contribution < -0.4 is 0 Å². The fourth-order valence-electron chi connectivity index (χ4n) is 5.95. The summed E-state index contributed by atoms with van der Waals surface area (Å²) >= 11 is 0. The van der Waals surface area contributed by atoms with Crippen LogP contribution in [-0.2, 0) is 37.5 Å². The third kappa shape index (κ3) is 31.9. The van der Waals surface area contributed by atoms with Crippen LogP contribution in [0.3, 0.4) is 0 Å². The topological polar surface area (TPSA) is 186 Å². The molecule has 1 rings (SSSR count). The van der Waals surface area contributed by atoms with Gasteiger partial charge in [-0.05, 0) is 89.0 Å². The van der Waals surface area contributed by atoms with Crippen molar-refractivity contribution in [1.29, 1.82) is 0 Å². The summed E-state index contributed by atoms with van der Waals surface area (Å²) in [6.07, 6.45) is 42.9. The summed E-state index contributed by atoms with van der Waals surface area (Å²) in [6, 6.07) is 0. The quantitative estimate of drug-likeness (QED) is 0.0201. The van der Waals surface area contributed by atoms with Crippen LogP contribution in [0.2, 0.25) is 0 Å². The lowest BCUT2D eigenvalue weighted by Crippen LogP contribution is -2.29. The number of carbonyl (C=O) groups excluding carboxylic acids is 3. The molecule has 0 saturated heterocycles. The standard InChI is InChI=1S/C48H75O12P/c1-3-5-7-8-9-10-11-12-13-14-15-16-17-18-19-20-21-22-28-32-48(54)60-44(40-59-61(55,56)58-38-43(51)37-49)39-57-47(53)31-27-24-23-26-29-41-33-36-46(52)45(41)35-34-42(50)30-25-6-4-2/h5,7,9-10,12-13,15-16,18-19,23,26,33-36,41-45,49-51H,3-4,6,8,11,14,17,20-22,24-25,27-32,37-40H2,1-2H3,(H,55,56)/b7-5-,10-9-,13-12-,16-15-,19-18-,26-23-,35-34+/t41-,42-,43-,44+,45+/m0/s1. The van der Waals surface area contributed by atoms with E-state index < -0.39 is 64.5 Å². The van der Waals surface area contributed by atoms with Crippen molar-refractivity contribution in [2.75, 3.05) is 26.4 Å². The zero-order valence-corrected chi connectivity index (χ0v) is 37.6. The van der Waals surface area contributed by atoms with Crippen LogP contribution in [0.4, 0.5) is 0 Å². The van der Waals surface area contributed by atoms with Crippen LogP contribution in [-0.4, -0.2) is 82.7 Å². The van der Waals surface area contributed by atoms with Crippen LogP contribution in [0.25, 0.3) is 0 Å². The number of phosphoric ester groups is 1. The summed E-state index contributed by atoms with van der Waals surface area (Å²) in [7, 11) is -4.69. The van der Waals surface area contributed by atoms with Gasteiger partial charge in [0.15, 0.2) is 11.9 Å². The molecule has 61 heavy (non-hydrogen) atoms. The number of unbranched alkanes of at least 4 members (excludes halogenated alkanes) is 6. The zero-order valence-electron chi connectivity index (χ0n) is 36.7. The SMILES string of the molecule is CC/C=C\C/C=C\C/C=C\C/C=C\C/C=C\CCCCCC(=O)O[C@H](COC(=O)CCC/C=C\C[C@H]1C=CC(=O)[C@@H]1/C=C/[C@@H](O)CCCCC)COP(=O)(O)OC[C@@H](O)CO. The minimum absolute atomic E-state index is 0.00337. The molecule has 1 aliphatic carbocycles. The van der Waals surface area contributed by atoms with E-state index in [9.17, 15) is 34.1 Å². The highest BCUT2D eigenvalue weighted by atomic mass is 31.2. The predicted octanol–water partition coefficient (Wildman–Crippen LogP) is 9.62. The Hall–Kier alpha value is -3.48. The van der Waals surface area contributed by atoms with Crippen molar-refractivity contribution in [1.82, 2.24) is 0 Å². The molecule has 344 valence electrons. The normalized spacial score (nSPS) is 18.6. The highest BCUT2D eigenvalue weighted by Crippen LogP contribution is 2.43. The number of aliphatic hydroxyl groups excluding tert-OH is 3. The Morgan fingerprint density at radius 3 is 2.00 bits per heavy atom. The molecule has 0 aliphatic heterocycles. The Morgan fingerprint density at radius 1 is 0.738 bits per heavy atom. The van der Waals surface area contributed by atoms with Gasteiger partial charge in [0, 0.05) is 18.8 Å². The molecule has 13 heteroatoms. The Morgan fingerprint density at radius 2 is 1.34 bits per heavy atom. The van der Waals surface area contributed by atoms with Gasteiger partial charge in [0.05, 0.1) is 25.9 Å². The van der Waals surface area contributed by atoms with Crippen molar-refractivity contribution in [3.8, 4) is 0 Å². The van der Waals surface area contributed by atoms with Crippen LogP contribution in [0.15, 0.2) is 97.2 Å². The summed E-state index contributed by atoms with van der Waals surface area (Å²) in [5.74, 6) is -1.40. The molecule has 1 aliphatic rings. The molecule has 0 spiro atoms. The van der Waals surface area contributed by atoms with E-state index in [1.807, 2.05) is 24.3 Å². The molecule has 0 radical (unpaired) electrons. The molecule has 0 aromatic carbocycles. The second-order valence-electron chi connectivity index (χ2n) is 15.0. The second kappa shape index (κ2) is 37.1. The molecular formula is C48H75O12P. The molecule has 0 aromatic heterocycles. The number of allylic oxidation sites excluding steroid dienone is 15. The summed E-state index contributed by atoms with van der Waals surface area (Å²) < 4.78 is 32.7. The van der Waals surface area contributed by atoms with E-state index in [0.717, 1.165) is 70.6 Å². The molecule has 0 aromatic rings. The molecule has 6 atom stereocenters. The Labute approximate surface area is 365 Å². The minimum atomic E-state index is -4.69. The van der Waals surface area contributed by atoms with E-state index in [2.05, 4.69) is 79.1 Å². The molecule has 0 fully saturated rings. The van der Waals surface area contributed by atoms with Crippen molar-refractivity contribution in [3.63, 3.8) is 0 Å². The number of ether oxygens (including phenoxy) is 2. The lowest BCUT2D eigenvalue weighted by atomic mass is 9.90. The smallest absolute Gasteiger partial charge is 0.462 e. The number of phosphoric acid groups is 1. The van der Waals surface area contributed by atoms with Crippen LogP contribution in [0.5, 0.6) is 0 Å². The third-order valence-electron chi connectivity index (χ3n) is 9.47. The van der Waals surface area contributed by atoms with Gasteiger partial charge in [0.1, 0.15) is 12.7 Å². The first-order chi connectivity index (χ1) is 29.5. The molecule has 0 saturated carbocycles. The highest BCUT2D eigenvalue weighted by molar-refractivity contribution is 7.47. The van der Waals surface area contributed by atoms with E-state index in [1.54, 1.807) is 12.2 Å². The average Bonchev–Trinajstić information content (AvgIpc) is 3.60. The molecular weight excluding hydrogens is 799 g/mol. The summed E-state index contributed by atoms with van der Waals surface area (Å²) in [5, 5.41) is 28.6. The van der Waals surface area contributed by atoms with Gasteiger partial charge in [-0.2, -0.15) is 0 Å². The van der Waals surface area contributed by atoms with Gasteiger partial charge in [0.25, 0.3) is 0 Å². The summed E-state index contributed by atoms with van der Waals surface area (Å²) in [4.78, 5) is 47.6. The summed E-state index contributed by atoms with van der Waals surface area (Å²) in [5.41, 5.74) is 0. The summed E-state index contributed by atoms with van der Waals surface area (Å²) in [6.45, 7) is 1.88. The first kappa shape index (κ1) is 55.5. The largest absolute Gasteiger partial charge is 0.472 e. The number of carbonyl (C=O) groups is 3. The molecule has 1 unspecified atom stereocenters. The van der Waals surface area contributed by atoms with Gasteiger partial charge >= 0.3 is 19.8 Å². The third-order valence-corrected chi connectivity index (χ3v) is 10.4. The number of rotatable bonds is 37. The van der Waals surface area contributed by atoms with Crippen molar-refractivity contribution in [2.24, 2.45) is 11.8 Å². The molecule has 12 nitrogen and oxygen atoms in total. The number of aliphatic hydroxyl groups is 3. The van der Waals surface area contributed by atoms with E-state index in [4.69, 9.17) is 19.1 Å². The van der Waals surface area contributed by atoms with Crippen LogP contribution in [0, 0.1) is 11.8 Å². The Bertz CT molecular complexity index is 1480. The average molecular weight is 875 g/mol. The first-order valence-corrected chi connectivity index (χ1v) is 23.7. The fraction of sp³-hybridized carbons (Fsp3) is 0.604. The fourth-order valence-corrected chi connectivity index (χ4v) is 6.74. The monoisotopic (exact) mass is 874 g/mol. The molecule has 0 amide bonds. The molecule has 0 bridgehead atoms. The lowest BCUT2D eigenvalue weighted by molar-refractivity contribution is -0.161. The van der Waals surface area contributed by atoms with Gasteiger partial charge in [0.2, 0.25) is 0 Å². The maximum absolute atomic E-state index is 12.7. The molecule has 4 N–H and O–H groups in total. The maximum atomic E-state index is 12.7. The van der Waals surface area contributed by atoms with E-state index >= 15 is 0 Å². The van der Waals surface area contributed by atoms with Crippen molar-refractivity contribution < 1.29 is 57.7 Å². The Balaban J connectivity index is 2.45. The number of ketones is 1. The second-order valence-corrected chi connectivity index (χ2v) is 16.5. The predicted molar refractivity (Wildman–Crippen MR) is 241 cm³/mol. The van der Waals surface area contributed by atoms with Crippen molar-refractivity contribution in [2.45, 2.75) is 148 Å². The van der Waals surface area contributed by atoms with E-state index in [-0.39, 0.29) is 30.5 Å². The highest BCUT2D eigenvalue weighted by Gasteiger charge is 2.28. The van der Waals surface area contributed by atoms with Gasteiger partial charge < -0.3 is 29.7 Å². The van der Waals surface area contributed by atoms with Gasteiger partial charge in [-0.3, -0.25) is 23.4 Å². The number of hydrogen-bond acceptors (Lipinski definition) is 11.